The Labute approximate surface area is 128 Å². The standard InChI is InChI=1S/C15H25F3N2O2/c1-14(9-21)8-2-3-12(14)20-13(22)19-11-6-4-10(5-7-11)15(16,17)18/h10-12,21H,2-9H2,1H3,(H2,19,20,22). The number of nitrogens with one attached hydrogen (secondary N) is 2. The molecule has 2 rings (SSSR count). The lowest BCUT2D eigenvalue weighted by molar-refractivity contribution is -0.182. The summed E-state index contributed by atoms with van der Waals surface area (Å²) >= 11 is 0. The highest BCUT2D eigenvalue weighted by molar-refractivity contribution is 5.74. The van der Waals surface area contributed by atoms with Gasteiger partial charge < -0.3 is 15.7 Å². The second-order valence-electron chi connectivity index (χ2n) is 6.96. The summed E-state index contributed by atoms with van der Waals surface area (Å²) in [7, 11) is 0. The molecular weight excluding hydrogens is 297 g/mol. The Morgan fingerprint density at radius 1 is 1.18 bits per heavy atom. The third-order valence-corrected chi connectivity index (χ3v) is 5.27. The normalized spacial score (nSPS) is 36.1. The van der Waals surface area contributed by atoms with Crippen molar-refractivity contribution in [1.29, 1.82) is 0 Å². The number of alkyl halides is 3. The summed E-state index contributed by atoms with van der Waals surface area (Å²) in [5.41, 5.74) is -0.300. The van der Waals surface area contributed by atoms with Crippen molar-refractivity contribution in [2.24, 2.45) is 11.3 Å². The molecule has 7 heteroatoms. The monoisotopic (exact) mass is 322 g/mol. The number of aliphatic hydroxyl groups is 1. The van der Waals surface area contributed by atoms with Crippen LogP contribution < -0.4 is 10.6 Å². The first-order valence-electron chi connectivity index (χ1n) is 7.99. The van der Waals surface area contributed by atoms with E-state index in [4.69, 9.17) is 0 Å². The second kappa shape index (κ2) is 6.64. The highest BCUT2D eigenvalue weighted by Crippen LogP contribution is 2.38. The molecule has 4 nitrogen and oxygen atoms in total. The van der Waals surface area contributed by atoms with Crippen molar-refractivity contribution in [3.8, 4) is 0 Å². The Morgan fingerprint density at radius 2 is 1.82 bits per heavy atom. The highest BCUT2D eigenvalue weighted by Gasteiger charge is 2.42. The van der Waals surface area contributed by atoms with Crippen LogP contribution in [0.1, 0.15) is 51.9 Å². The third-order valence-electron chi connectivity index (χ3n) is 5.27. The van der Waals surface area contributed by atoms with E-state index in [2.05, 4.69) is 10.6 Å². The third kappa shape index (κ3) is 4.06. The number of urea groups is 1. The Hall–Kier alpha value is -0.980. The van der Waals surface area contributed by atoms with Crippen molar-refractivity contribution < 1.29 is 23.1 Å². The molecule has 0 aromatic rings. The second-order valence-corrected chi connectivity index (χ2v) is 6.96. The van der Waals surface area contributed by atoms with E-state index < -0.39 is 12.1 Å². The molecule has 2 aliphatic rings. The van der Waals surface area contributed by atoms with Gasteiger partial charge in [0.2, 0.25) is 0 Å². The van der Waals surface area contributed by atoms with E-state index in [1.807, 2.05) is 6.92 Å². The Bertz CT molecular complexity index is 395. The number of halogens is 3. The van der Waals surface area contributed by atoms with Crippen LogP contribution in [0.25, 0.3) is 0 Å². The maximum absolute atomic E-state index is 12.6. The van der Waals surface area contributed by atoms with Crippen LogP contribution >= 0.6 is 0 Å². The van der Waals surface area contributed by atoms with Gasteiger partial charge in [-0.2, -0.15) is 13.2 Å². The van der Waals surface area contributed by atoms with Crippen LogP contribution in [0, 0.1) is 11.3 Å². The van der Waals surface area contributed by atoms with Crippen LogP contribution in [0.4, 0.5) is 18.0 Å². The smallest absolute Gasteiger partial charge is 0.391 e. The van der Waals surface area contributed by atoms with E-state index in [0.29, 0.717) is 12.8 Å². The highest BCUT2D eigenvalue weighted by atomic mass is 19.4. The van der Waals surface area contributed by atoms with Crippen LogP contribution in [0.5, 0.6) is 0 Å². The van der Waals surface area contributed by atoms with Gasteiger partial charge in [-0.15, -0.1) is 0 Å². The van der Waals surface area contributed by atoms with Gasteiger partial charge in [-0.05, 0) is 38.5 Å². The van der Waals surface area contributed by atoms with Gasteiger partial charge in [0, 0.05) is 17.5 Å². The molecule has 22 heavy (non-hydrogen) atoms. The topological polar surface area (TPSA) is 61.4 Å². The maximum Gasteiger partial charge on any atom is 0.391 e. The molecule has 0 aliphatic heterocycles. The van der Waals surface area contributed by atoms with Crippen molar-refractivity contribution in [2.75, 3.05) is 6.61 Å². The molecule has 128 valence electrons. The van der Waals surface area contributed by atoms with Crippen molar-refractivity contribution in [2.45, 2.75) is 70.1 Å². The molecule has 0 radical (unpaired) electrons. The molecule has 0 spiro atoms. The quantitative estimate of drug-likeness (QED) is 0.748. The Balaban J connectivity index is 1.77. The molecule has 0 heterocycles. The van der Waals surface area contributed by atoms with Crippen LogP contribution in [0.3, 0.4) is 0 Å². The molecule has 2 atom stereocenters. The van der Waals surface area contributed by atoms with E-state index >= 15 is 0 Å². The largest absolute Gasteiger partial charge is 0.396 e. The minimum atomic E-state index is -4.12. The van der Waals surface area contributed by atoms with Crippen LogP contribution in [-0.4, -0.2) is 36.0 Å². The number of hydrogen-bond donors (Lipinski definition) is 3. The van der Waals surface area contributed by atoms with Crippen molar-refractivity contribution >= 4 is 6.03 Å². The Kier molecular flexibility index (Phi) is 5.25. The predicted octanol–water partition coefficient (Wildman–Crippen LogP) is 2.96. The van der Waals surface area contributed by atoms with Gasteiger partial charge in [0.25, 0.3) is 0 Å². The van der Waals surface area contributed by atoms with Crippen molar-refractivity contribution in [3.63, 3.8) is 0 Å². The molecule has 2 fully saturated rings. The zero-order chi connectivity index (χ0) is 16.4. The molecule has 0 aromatic carbocycles. The summed E-state index contributed by atoms with van der Waals surface area (Å²) in [6.07, 6.45) is -0.604. The van der Waals surface area contributed by atoms with Gasteiger partial charge in [0.05, 0.1) is 12.5 Å². The fourth-order valence-corrected chi connectivity index (χ4v) is 3.62. The van der Waals surface area contributed by atoms with Gasteiger partial charge in [-0.3, -0.25) is 0 Å². The molecule has 2 amide bonds. The molecule has 3 N–H and O–H groups in total. The van der Waals surface area contributed by atoms with Crippen molar-refractivity contribution in [1.82, 2.24) is 10.6 Å². The molecule has 0 saturated heterocycles. The van der Waals surface area contributed by atoms with E-state index in [1.165, 1.54) is 0 Å². The number of hydrogen-bond acceptors (Lipinski definition) is 2. The number of rotatable bonds is 3. The van der Waals surface area contributed by atoms with Crippen LogP contribution in [0.2, 0.25) is 0 Å². The van der Waals surface area contributed by atoms with E-state index in [0.717, 1.165) is 19.3 Å². The fraction of sp³-hybridized carbons (Fsp3) is 0.933. The van der Waals surface area contributed by atoms with Gasteiger partial charge in [0.15, 0.2) is 0 Å². The molecule has 0 aromatic heterocycles. The molecule has 2 aliphatic carbocycles. The number of carbonyl (C=O) groups is 1. The molecule has 2 unspecified atom stereocenters. The summed E-state index contributed by atoms with van der Waals surface area (Å²) in [5, 5.41) is 15.1. The summed E-state index contributed by atoms with van der Waals surface area (Å²) in [6.45, 7) is 1.97. The summed E-state index contributed by atoms with van der Waals surface area (Å²) in [4.78, 5) is 12.0. The summed E-state index contributed by atoms with van der Waals surface area (Å²) in [5.74, 6) is -1.24. The average molecular weight is 322 g/mol. The molecular formula is C15H25F3N2O2. The minimum Gasteiger partial charge on any atom is -0.396 e. The number of carbonyl (C=O) groups excluding carboxylic acids is 1. The van der Waals surface area contributed by atoms with Gasteiger partial charge in [-0.1, -0.05) is 13.3 Å². The predicted molar refractivity (Wildman–Crippen MR) is 76.3 cm³/mol. The lowest BCUT2D eigenvalue weighted by Crippen LogP contribution is -2.51. The van der Waals surface area contributed by atoms with Gasteiger partial charge in [-0.25, -0.2) is 4.79 Å². The lowest BCUT2D eigenvalue weighted by atomic mass is 9.85. The summed E-state index contributed by atoms with van der Waals surface area (Å²) in [6, 6.07) is -0.605. The van der Waals surface area contributed by atoms with Gasteiger partial charge in [0.1, 0.15) is 0 Å². The molecule has 0 bridgehead atoms. The van der Waals surface area contributed by atoms with E-state index in [-0.39, 0.29) is 43.0 Å². The zero-order valence-corrected chi connectivity index (χ0v) is 12.9. The molecule has 2 saturated carbocycles. The first-order valence-corrected chi connectivity index (χ1v) is 7.99. The number of aliphatic hydroxyl groups excluding tert-OH is 1. The first-order chi connectivity index (χ1) is 10.2. The van der Waals surface area contributed by atoms with E-state index in [1.54, 1.807) is 0 Å². The maximum atomic E-state index is 12.6. The summed E-state index contributed by atoms with van der Waals surface area (Å²) < 4.78 is 37.8. The average Bonchev–Trinajstić information content (AvgIpc) is 2.80. The SMILES string of the molecule is CC1(CO)CCCC1NC(=O)NC1CCC(C(F)(F)F)CC1. The zero-order valence-electron chi connectivity index (χ0n) is 12.9. The Morgan fingerprint density at radius 3 is 2.36 bits per heavy atom. The van der Waals surface area contributed by atoms with Crippen molar-refractivity contribution in [3.05, 3.63) is 0 Å². The first kappa shape index (κ1) is 17.4. The van der Waals surface area contributed by atoms with E-state index in [9.17, 15) is 23.1 Å². The fourth-order valence-electron chi connectivity index (χ4n) is 3.62. The lowest BCUT2D eigenvalue weighted by Gasteiger charge is -2.33. The number of amides is 2. The minimum absolute atomic E-state index is 0.0225. The van der Waals surface area contributed by atoms with Gasteiger partial charge >= 0.3 is 12.2 Å². The van der Waals surface area contributed by atoms with Crippen LogP contribution in [-0.2, 0) is 0 Å². The van der Waals surface area contributed by atoms with Crippen LogP contribution in [0.15, 0.2) is 0 Å².